The number of nitriles is 1. The van der Waals surface area contributed by atoms with Crippen molar-refractivity contribution in [2.45, 2.75) is 20.0 Å². The largest absolute Gasteiger partial charge is 0.483 e. The topological polar surface area (TPSA) is 65.9 Å². The Morgan fingerprint density at radius 3 is 2.78 bits per heavy atom. The molecule has 0 aliphatic heterocycles. The third-order valence-electron chi connectivity index (χ3n) is 3.79. The highest BCUT2D eigenvalue weighted by Gasteiger charge is 2.22. The molecule has 0 saturated heterocycles. The predicted octanol–water partition coefficient (Wildman–Crippen LogP) is 4.00. The first-order valence-corrected chi connectivity index (χ1v) is 7.38. The van der Waals surface area contributed by atoms with Gasteiger partial charge in [-0.2, -0.15) is 5.26 Å². The number of fused-ring (bicyclic) bond motifs is 1. The molecule has 114 valence electrons. The van der Waals surface area contributed by atoms with Crippen molar-refractivity contribution in [3.8, 4) is 11.8 Å². The third kappa shape index (κ3) is 2.82. The molecule has 1 atom stereocenters. The zero-order valence-electron chi connectivity index (χ0n) is 13.0. The minimum Gasteiger partial charge on any atom is -0.483 e. The number of ketones is 1. The van der Waals surface area contributed by atoms with Gasteiger partial charge in [-0.25, -0.2) is 0 Å². The summed E-state index contributed by atoms with van der Waals surface area (Å²) in [5.74, 6) is 0.435. The van der Waals surface area contributed by atoms with Gasteiger partial charge in [-0.05, 0) is 38.1 Å². The van der Waals surface area contributed by atoms with Gasteiger partial charge in [0.25, 0.3) is 0 Å². The fourth-order valence-electron chi connectivity index (χ4n) is 2.69. The van der Waals surface area contributed by atoms with E-state index in [1.807, 2.05) is 31.2 Å². The standard InChI is InChI=1S/C19H16N2O2/c1-12-18(16-8-3-4-9-17(16)21-12)19(22)13(2)23-15-7-5-6-14(10-15)11-20/h3-10,13,21H,1-2H3. The van der Waals surface area contributed by atoms with Crippen molar-refractivity contribution >= 4 is 16.7 Å². The summed E-state index contributed by atoms with van der Waals surface area (Å²) in [6.45, 7) is 3.61. The Morgan fingerprint density at radius 2 is 2.00 bits per heavy atom. The summed E-state index contributed by atoms with van der Waals surface area (Å²) in [6.07, 6.45) is -0.637. The van der Waals surface area contributed by atoms with Crippen molar-refractivity contribution in [1.29, 1.82) is 5.26 Å². The van der Waals surface area contributed by atoms with Crippen LogP contribution in [0, 0.1) is 18.3 Å². The van der Waals surface area contributed by atoms with Gasteiger partial charge in [0.2, 0.25) is 5.78 Å². The molecule has 0 aliphatic carbocycles. The van der Waals surface area contributed by atoms with E-state index in [4.69, 9.17) is 10.00 Å². The lowest BCUT2D eigenvalue weighted by Crippen LogP contribution is -2.24. The number of carbonyl (C=O) groups excluding carboxylic acids is 1. The minimum atomic E-state index is -0.637. The van der Waals surface area contributed by atoms with Crippen LogP contribution in [0.15, 0.2) is 48.5 Å². The molecule has 0 aliphatic rings. The van der Waals surface area contributed by atoms with Crippen molar-refractivity contribution in [1.82, 2.24) is 4.98 Å². The number of nitrogens with one attached hydrogen (secondary N) is 1. The smallest absolute Gasteiger partial charge is 0.205 e. The van der Waals surface area contributed by atoms with E-state index in [2.05, 4.69) is 11.1 Å². The lowest BCUT2D eigenvalue weighted by Gasteiger charge is -2.14. The van der Waals surface area contributed by atoms with Gasteiger partial charge < -0.3 is 9.72 Å². The molecule has 0 fully saturated rings. The molecular weight excluding hydrogens is 288 g/mol. The summed E-state index contributed by atoms with van der Waals surface area (Å²) in [5.41, 5.74) is 2.93. The molecular formula is C19H16N2O2. The van der Waals surface area contributed by atoms with E-state index < -0.39 is 6.10 Å². The number of hydrogen-bond donors (Lipinski definition) is 1. The molecule has 1 aromatic heterocycles. The van der Waals surface area contributed by atoms with Crippen LogP contribution in [0.2, 0.25) is 0 Å². The lowest BCUT2D eigenvalue weighted by atomic mass is 10.0. The highest BCUT2D eigenvalue weighted by atomic mass is 16.5. The van der Waals surface area contributed by atoms with E-state index in [1.165, 1.54) is 0 Å². The Hall–Kier alpha value is -3.06. The molecule has 23 heavy (non-hydrogen) atoms. The maximum absolute atomic E-state index is 12.8. The van der Waals surface area contributed by atoms with Gasteiger partial charge in [0.15, 0.2) is 6.10 Å². The molecule has 0 bridgehead atoms. The first-order valence-electron chi connectivity index (χ1n) is 7.38. The second-order valence-electron chi connectivity index (χ2n) is 5.43. The lowest BCUT2D eigenvalue weighted by molar-refractivity contribution is 0.0819. The van der Waals surface area contributed by atoms with Crippen LogP contribution < -0.4 is 4.74 Å². The highest BCUT2D eigenvalue weighted by Crippen LogP contribution is 2.24. The molecule has 1 N–H and O–H groups in total. The minimum absolute atomic E-state index is 0.0812. The number of nitrogens with zero attached hydrogens (tertiary/aromatic N) is 1. The number of H-pyrrole nitrogens is 1. The molecule has 0 saturated carbocycles. The van der Waals surface area contributed by atoms with Crippen molar-refractivity contribution in [3.63, 3.8) is 0 Å². The number of aryl methyl sites for hydroxylation is 1. The van der Waals surface area contributed by atoms with Crippen LogP contribution in [0.1, 0.15) is 28.5 Å². The predicted molar refractivity (Wildman–Crippen MR) is 88.6 cm³/mol. The first-order chi connectivity index (χ1) is 11.1. The molecule has 1 unspecified atom stereocenters. The summed E-state index contributed by atoms with van der Waals surface area (Å²) in [6, 6.07) is 16.6. The molecule has 4 nitrogen and oxygen atoms in total. The summed E-state index contributed by atoms with van der Waals surface area (Å²) in [7, 11) is 0. The molecule has 2 aromatic carbocycles. The van der Waals surface area contributed by atoms with E-state index in [0.717, 1.165) is 16.6 Å². The SMILES string of the molecule is Cc1[nH]c2ccccc2c1C(=O)C(C)Oc1cccc(C#N)c1. The summed E-state index contributed by atoms with van der Waals surface area (Å²) in [5, 5.41) is 9.83. The van der Waals surface area contributed by atoms with Crippen molar-refractivity contribution in [2.24, 2.45) is 0 Å². The zero-order chi connectivity index (χ0) is 16.4. The second kappa shape index (κ2) is 5.98. The Bertz CT molecular complexity index is 919. The van der Waals surface area contributed by atoms with Crippen LogP contribution in [0.3, 0.4) is 0 Å². The number of ether oxygens (including phenoxy) is 1. The van der Waals surface area contributed by atoms with Gasteiger partial charge in [0.05, 0.1) is 11.6 Å². The van der Waals surface area contributed by atoms with Crippen LogP contribution in [-0.4, -0.2) is 16.9 Å². The molecule has 0 amide bonds. The van der Waals surface area contributed by atoms with Crippen LogP contribution in [0.25, 0.3) is 10.9 Å². The summed E-state index contributed by atoms with van der Waals surface area (Å²) >= 11 is 0. The van der Waals surface area contributed by atoms with E-state index in [9.17, 15) is 4.79 Å². The number of Topliss-reactive ketones (excluding diaryl/α,β-unsaturated/α-hetero) is 1. The molecule has 3 rings (SSSR count). The van der Waals surface area contributed by atoms with Crippen molar-refractivity contribution in [3.05, 3.63) is 65.4 Å². The fourth-order valence-corrected chi connectivity index (χ4v) is 2.69. The number of para-hydroxylation sites is 1. The van der Waals surface area contributed by atoms with Crippen LogP contribution in [0.5, 0.6) is 5.75 Å². The van der Waals surface area contributed by atoms with Gasteiger partial charge in [-0.15, -0.1) is 0 Å². The molecule has 0 radical (unpaired) electrons. The van der Waals surface area contributed by atoms with E-state index >= 15 is 0 Å². The second-order valence-corrected chi connectivity index (χ2v) is 5.43. The Labute approximate surface area is 134 Å². The maximum atomic E-state index is 12.8. The summed E-state index contributed by atoms with van der Waals surface area (Å²) in [4.78, 5) is 16.0. The Morgan fingerprint density at radius 1 is 1.22 bits per heavy atom. The third-order valence-corrected chi connectivity index (χ3v) is 3.79. The van der Waals surface area contributed by atoms with E-state index in [0.29, 0.717) is 16.9 Å². The first kappa shape index (κ1) is 14.9. The quantitative estimate of drug-likeness (QED) is 0.741. The van der Waals surface area contributed by atoms with Crippen LogP contribution in [0.4, 0.5) is 0 Å². The van der Waals surface area contributed by atoms with Gasteiger partial charge in [-0.3, -0.25) is 4.79 Å². The number of carbonyl (C=O) groups is 1. The highest BCUT2D eigenvalue weighted by molar-refractivity contribution is 6.11. The van der Waals surface area contributed by atoms with Crippen molar-refractivity contribution < 1.29 is 9.53 Å². The van der Waals surface area contributed by atoms with Gasteiger partial charge in [-0.1, -0.05) is 24.3 Å². The monoisotopic (exact) mass is 304 g/mol. The van der Waals surface area contributed by atoms with E-state index in [-0.39, 0.29) is 5.78 Å². The maximum Gasteiger partial charge on any atom is 0.205 e. The van der Waals surface area contributed by atoms with Gasteiger partial charge in [0, 0.05) is 22.2 Å². The van der Waals surface area contributed by atoms with Crippen LogP contribution >= 0.6 is 0 Å². The normalized spacial score (nSPS) is 11.9. The number of benzene rings is 2. The number of aromatic nitrogens is 1. The van der Waals surface area contributed by atoms with Crippen LogP contribution in [-0.2, 0) is 0 Å². The number of hydrogen-bond acceptors (Lipinski definition) is 3. The molecule has 0 spiro atoms. The molecule has 4 heteroatoms. The average molecular weight is 304 g/mol. The van der Waals surface area contributed by atoms with Gasteiger partial charge >= 0.3 is 0 Å². The molecule has 1 heterocycles. The van der Waals surface area contributed by atoms with E-state index in [1.54, 1.807) is 31.2 Å². The summed E-state index contributed by atoms with van der Waals surface area (Å²) < 4.78 is 5.73. The number of rotatable bonds is 4. The molecule has 3 aromatic rings. The van der Waals surface area contributed by atoms with Gasteiger partial charge in [0.1, 0.15) is 5.75 Å². The Balaban J connectivity index is 1.89. The van der Waals surface area contributed by atoms with Crippen molar-refractivity contribution in [2.75, 3.05) is 0 Å². The fraction of sp³-hybridized carbons (Fsp3) is 0.158. The number of aromatic amines is 1. The average Bonchev–Trinajstić information content (AvgIpc) is 2.90. The zero-order valence-corrected chi connectivity index (χ0v) is 13.0. The Kier molecular flexibility index (Phi) is 3.86.